The van der Waals surface area contributed by atoms with Crippen LogP contribution in [0.3, 0.4) is 0 Å². The molecule has 21 heavy (non-hydrogen) atoms. The highest BCUT2D eigenvalue weighted by Gasteiger charge is 2.18. The summed E-state index contributed by atoms with van der Waals surface area (Å²) in [7, 11) is 1.62. The Hall–Kier alpha value is -2.28. The number of aromatic nitrogens is 2. The van der Waals surface area contributed by atoms with Gasteiger partial charge in [0.25, 0.3) is 0 Å². The maximum Gasteiger partial charge on any atom is 0.223 e. The summed E-state index contributed by atoms with van der Waals surface area (Å²) in [4.78, 5) is 4.14. The molecule has 1 aliphatic heterocycles. The first-order chi connectivity index (χ1) is 10.3. The van der Waals surface area contributed by atoms with Gasteiger partial charge in [0, 0.05) is 13.5 Å². The topological polar surface area (TPSA) is 78.6 Å². The highest BCUT2D eigenvalue weighted by atomic mass is 16.6. The van der Waals surface area contributed by atoms with Crippen LogP contribution in [0.2, 0.25) is 0 Å². The molecule has 1 aliphatic rings. The minimum Gasteiger partial charge on any atom is -0.493 e. The number of rotatable bonds is 5. The maximum absolute atomic E-state index is 5.60. The summed E-state index contributed by atoms with van der Waals surface area (Å²) < 4.78 is 21.4. The van der Waals surface area contributed by atoms with Gasteiger partial charge in [0.05, 0.1) is 13.7 Å². The number of nitrogens with one attached hydrogen (secondary N) is 1. The lowest BCUT2D eigenvalue weighted by molar-refractivity contribution is 0.165. The summed E-state index contributed by atoms with van der Waals surface area (Å²) in [5.74, 6) is 3.26. The van der Waals surface area contributed by atoms with Crippen molar-refractivity contribution in [3.05, 3.63) is 29.4 Å². The number of aryl methyl sites for hydroxylation is 1. The predicted molar refractivity (Wildman–Crippen MR) is 73.6 cm³/mol. The molecule has 0 saturated carbocycles. The molecule has 0 unspecified atom stereocenters. The highest BCUT2D eigenvalue weighted by Crippen LogP contribution is 2.40. The van der Waals surface area contributed by atoms with E-state index in [0.717, 1.165) is 5.56 Å². The molecule has 0 amide bonds. The number of fused-ring (bicyclic) bond motifs is 1. The van der Waals surface area contributed by atoms with Gasteiger partial charge in [-0.2, -0.15) is 4.98 Å². The van der Waals surface area contributed by atoms with Crippen LogP contribution in [0.5, 0.6) is 17.2 Å². The molecule has 0 aliphatic carbocycles. The van der Waals surface area contributed by atoms with Crippen molar-refractivity contribution in [2.24, 2.45) is 0 Å². The molecule has 112 valence electrons. The zero-order valence-electron chi connectivity index (χ0n) is 12.0. The van der Waals surface area contributed by atoms with E-state index < -0.39 is 0 Å². The van der Waals surface area contributed by atoms with Crippen molar-refractivity contribution in [1.29, 1.82) is 0 Å². The minimum absolute atomic E-state index is 0.536. The van der Waals surface area contributed by atoms with E-state index in [2.05, 4.69) is 15.5 Å². The Morgan fingerprint density at radius 1 is 1.24 bits per heavy atom. The van der Waals surface area contributed by atoms with E-state index in [4.69, 9.17) is 18.7 Å². The monoisotopic (exact) mass is 291 g/mol. The van der Waals surface area contributed by atoms with Crippen LogP contribution in [0.25, 0.3) is 0 Å². The Balaban J connectivity index is 1.67. The number of ether oxygens (including phenoxy) is 3. The molecule has 0 saturated heterocycles. The first-order valence-corrected chi connectivity index (χ1v) is 6.72. The molecule has 1 aromatic carbocycles. The summed E-state index contributed by atoms with van der Waals surface area (Å²) in [5.41, 5.74) is 1.04. The third kappa shape index (κ3) is 3.08. The molecule has 1 aromatic heterocycles. The van der Waals surface area contributed by atoms with Crippen molar-refractivity contribution >= 4 is 0 Å². The van der Waals surface area contributed by atoms with E-state index in [9.17, 15) is 0 Å². The van der Waals surface area contributed by atoms with Crippen LogP contribution >= 0.6 is 0 Å². The third-order valence-electron chi connectivity index (χ3n) is 3.07. The molecule has 2 heterocycles. The van der Waals surface area contributed by atoms with Gasteiger partial charge in [-0.05, 0) is 17.7 Å². The molecular weight excluding hydrogens is 274 g/mol. The van der Waals surface area contributed by atoms with Gasteiger partial charge in [-0.1, -0.05) is 5.16 Å². The molecule has 0 bridgehead atoms. The fourth-order valence-electron chi connectivity index (χ4n) is 2.16. The lowest BCUT2D eigenvalue weighted by atomic mass is 10.1. The van der Waals surface area contributed by atoms with Crippen LogP contribution in [0.4, 0.5) is 0 Å². The van der Waals surface area contributed by atoms with Crippen LogP contribution in [0.15, 0.2) is 16.7 Å². The van der Waals surface area contributed by atoms with Crippen LogP contribution in [0.1, 0.15) is 17.3 Å². The van der Waals surface area contributed by atoms with E-state index in [0.29, 0.717) is 55.3 Å². The van der Waals surface area contributed by atoms with Gasteiger partial charge < -0.3 is 24.1 Å². The fourth-order valence-corrected chi connectivity index (χ4v) is 2.16. The van der Waals surface area contributed by atoms with Gasteiger partial charge in [0.15, 0.2) is 17.3 Å². The van der Waals surface area contributed by atoms with Gasteiger partial charge in [-0.25, -0.2) is 0 Å². The molecule has 0 radical (unpaired) electrons. The van der Waals surface area contributed by atoms with Gasteiger partial charge in [-0.15, -0.1) is 0 Å². The lowest BCUT2D eigenvalue weighted by Crippen LogP contribution is -2.17. The standard InChI is InChI=1S/C14H17N3O4/c1-9-16-13(17-21-9)8-15-7-10-5-11(18-2)14-12(6-10)19-3-4-20-14/h5-6,15H,3-4,7-8H2,1-2H3. The second-order valence-electron chi connectivity index (χ2n) is 4.66. The smallest absolute Gasteiger partial charge is 0.223 e. The summed E-state index contributed by atoms with van der Waals surface area (Å²) in [6.45, 7) is 4.03. The first kappa shape index (κ1) is 13.7. The van der Waals surface area contributed by atoms with Gasteiger partial charge in [0.1, 0.15) is 13.2 Å². The van der Waals surface area contributed by atoms with Gasteiger partial charge >= 0.3 is 0 Å². The van der Waals surface area contributed by atoms with E-state index in [1.807, 2.05) is 12.1 Å². The molecule has 7 heteroatoms. The minimum atomic E-state index is 0.536. The fraction of sp³-hybridized carbons (Fsp3) is 0.429. The summed E-state index contributed by atoms with van der Waals surface area (Å²) in [6.07, 6.45) is 0. The van der Waals surface area contributed by atoms with Crippen LogP contribution < -0.4 is 19.5 Å². The van der Waals surface area contributed by atoms with Crippen LogP contribution in [-0.4, -0.2) is 30.5 Å². The average Bonchev–Trinajstić information content (AvgIpc) is 2.92. The molecule has 1 N–H and O–H groups in total. The van der Waals surface area contributed by atoms with E-state index >= 15 is 0 Å². The summed E-state index contributed by atoms with van der Waals surface area (Å²) in [6, 6.07) is 3.88. The van der Waals surface area contributed by atoms with Crippen molar-refractivity contribution in [1.82, 2.24) is 15.5 Å². The number of hydrogen-bond donors (Lipinski definition) is 1. The largest absolute Gasteiger partial charge is 0.493 e. The molecule has 0 spiro atoms. The quantitative estimate of drug-likeness (QED) is 0.893. The number of methoxy groups -OCH3 is 1. The highest BCUT2D eigenvalue weighted by molar-refractivity contribution is 5.54. The average molecular weight is 291 g/mol. The number of nitrogens with zero attached hydrogens (tertiary/aromatic N) is 2. The number of hydrogen-bond acceptors (Lipinski definition) is 7. The van der Waals surface area contributed by atoms with Crippen molar-refractivity contribution in [3.63, 3.8) is 0 Å². The Morgan fingerprint density at radius 3 is 2.86 bits per heavy atom. The van der Waals surface area contributed by atoms with E-state index in [-0.39, 0.29) is 0 Å². The van der Waals surface area contributed by atoms with Crippen LogP contribution in [0, 0.1) is 6.92 Å². The van der Waals surface area contributed by atoms with Crippen LogP contribution in [-0.2, 0) is 13.1 Å². The summed E-state index contributed by atoms with van der Waals surface area (Å²) in [5, 5.41) is 7.09. The Morgan fingerprint density at radius 2 is 2.10 bits per heavy atom. The zero-order chi connectivity index (χ0) is 14.7. The third-order valence-corrected chi connectivity index (χ3v) is 3.07. The predicted octanol–water partition coefficient (Wildman–Crippen LogP) is 1.45. The summed E-state index contributed by atoms with van der Waals surface area (Å²) >= 11 is 0. The molecule has 3 rings (SSSR count). The zero-order valence-corrected chi connectivity index (χ0v) is 12.0. The van der Waals surface area contributed by atoms with Gasteiger partial charge in [0.2, 0.25) is 11.6 Å². The van der Waals surface area contributed by atoms with Crippen molar-refractivity contribution in [2.45, 2.75) is 20.0 Å². The Bertz CT molecular complexity index is 609. The first-order valence-electron chi connectivity index (χ1n) is 6.72. The van der Waals surface area contributed by atoms with E-state index in [1.165, 1.54) is 0 Å². The second kappa shape index (κ2) is 6.01. The number of benzene rings is 1. The van der Waals surface area contributed by atoms with Gasteiger partial charge in [-0.3, -0.25) is 0 Å². The van der Waals surface area contributed by atoms with E-state index in [1.54, 1.807) is 14.0 Å². The Labute approximate surface area is 122 Å². The second-order valence-corrected chi connectivity index (χ2v) is 4.66. The molecule has 0 fully saturated rings. The maximum atomic E-state index is 5.60. The lowest BCUT2D eigenvalue weighted by Gasteiger charge is -2.21. The van der Waals surface area contributed by atoms with Crippen molar-refractivity contribution in [3.8, 4) is 17.2 Å². The normalized spacial score (nSPS) is 13.2. The molecule has 0 atom stereocenters. The van der Waals surface area contributed by atoms with Crippen molar-refractivity contribution < 1.29 is 18.7 Å². The molecule has 2 aromatic rings. The van der Waals surface area contributed by atoms with Crippen molar-refractivity contribution in [2.75, 3.05) is 20.3 Å². The molecular formula is C14H17N3O4. The molecule has 7 nitrogen and oxygen atoms in total. The SMILES string of the molecule is COc1cc(CNCc2noc(C)n2)cc2c1OCCO2. The Kier molecular flexibility index (Phi) is 3.92.